The number of methoxy groups -OCH3 is 1. The molecule has 0 bridgehead atoms. The summed E-state index contributed by atoms with van der Waals surface area (Å²) < 4.78 is 16.5. The second-order valence-corrected chi connectivity index (χ2v) is 6.42. The van der Waals surface area contributed by atoms with Gasteiger partial charge >= 0.3 is 0 Å². The third-order valence-electron chi connectivity index (χ3n) is 3.96. The first-order chi connectivity index (χ1) is 13.9. The van der Waals surface area contributed by atoms with Gasteiger partial charge in [0, 0.05) is 17.7 Å². The summed E-state index contributed by atoms with van der Waals surface area (Å²) in [5, 5.41) is 13.9. The molecule has 0 aliphatic carbocycles. The molecule has 0 saturated carbocycles. The lowest BCUT2D eigenvalue weighted by Gasteiger charge is -2.15. The number of anilines is 1. The maximum Gasteiger partial charge on any atom is 0.271 e. The van der Waals surface area contributed by atoms with Crippen LogP contribution in [-0.2, 0) is 0 Å². The highest BCUT2D eigenvalue weighted by Gasteiger charge is 2.19. The Morgan fingerprint density at radius 1 is 1.17 bits per heavy atom. The highest BCUT2D eigenvalue weighted by atomic mass is 35.5. The van der Waals surface area contributed by atoms with E-state index in [1.807, 2.05) is 13.8 Å². The van der Waals surface area contributed by atoms with Crippen LogP contribution < -0.4 is 19.5 Å². The van der Waals surface area contributed by atoms with Crippen LogP contribution in [0.2, 0.25) is 5.02 Å². The Balaban J connectivity index is 2.33. The van der Waals surface area contributed by atoms with Crippen LogP contribution in [0.15, 0.2) is 30.3 Å². The summed E-state index contributed by atoms with van der Waals surface area (Å²) in [4.78, 5) is 23.2. The molecule has 156 valence electrons. The van der Waals surface area contributed by atoms with Gasteiger partial charge in [0.05, 0.1) is 36.0 Å². The normalized spacial score (nSPS) is 10.3. The van der Waals surface area contributed by atoms with E-state index in [0.29, 0.717) is 30.5 Å². The number of nitrogens with zero attached hydrogens (tertiary/aromatic N) is 1. The number of amides is 1. The number of rotatable bonds is 10. The molecule has 0 saturated heterocycles. The fourth-order valence-corrected chi connectivity index (χ4v) is 2.79. The van der Waals surface area contributed by atoms with Gasteiger partial charge in [-0.05, 0) is 31.5 Å². The number of nitro groups is 1. The van der Waals surface area contributed by atoms with E-state index in [4.69, 9.17) is 25.8 Å². The maximum absolute atomic E-state index is 12.8. The van der Waals surface area contributed by atoms with Crippen molar-refractivity contribution >= 4 is 28.9 Å². The number of ether oxygens (including phenoxy) is 3. The van der Waals surface area contributed by atoms with Crippen LogP contribution in [-0.4, -0.2) is 31.2 Å². The third kappa shape index (κ3) is 5.74. The minimum atomic E-state index is -0.554. The summed E-state index contributed by atoms with van der Waals surface area (Å²) in [6.45, 7) is 4.70. The number of hydrogen-bond donors (Lipinski definition) is 1. The van der Waals surface area contributed by atoms with E-state index in [0.717, 1.165) is 12.8 Å². The number of unbranched alkanes of at least 4 members (excludes halogenated alkanes) is 1. The molecule has 1 N–H and O–H groups in total. The lowest BCUT2D eigenvalue weighted by Crippen LogP contribution is -2.14. The Bertz CT molecular complexity index is 888. The highest BCUT2D eigenvalue weighted by molar-refractivity contribution is 6.32. The van der Waals surface area contributed by atoms with Gasteiger partial charge in [-0.3, -0.25) is 14.9 Å². The van der Waals surface area contributed by atoms with Crippen LogP contribution in [0.25, 0.3) is 0 Å². The van der Waals surface area contributed by atoms with E-state index < -0.39 is 10.8 Å². The summed E-state index contributed by atoms with van der Waals surface area (Å²) >= 11 is 6.32. The van der Waals surface area contributed by atoms with Gasteiger partial charge in [0.25, 0.3) is 11.6 Å². The molecule has 0 atom stereocenters. The molecular weight excluding hydrogens is 400 g/mol. The van der Waals surface area contributed by atoms with Gasteiger partial charge in [0.15, 0.2) is 11.5 Å². The van der Waals surface area contributed by atoms with Gasteiger partial charge in [0.2, 0.25) is 0 Å². The van der Waals surface area contributed by atoms with Crippen molar-refractivity contribution in [2.45, 2.75) is 26.7 Å². The Labute approximate surface area is 173 Å². The zero-order chi connectivity index (χ0) is 21.4. The van der Waals surface area contributed by atoms with Gasteiger partial charge in [-0.15, -0.1) is 0 Å². The molecule has 0 aliphatic rings. The molecule has 29 heavy (non-hydrogen) atoms. The van der Waals surface area contributed by atoms with Crippen LogP contribution in [0.1, 0.15) is 37.0 Å². The van der Waals surface area contributed by atoms with E-state index in [2.05, 4.69) is 5.32 Å². The minimum absolute atomic E-state index is 0.170. The first kappa shape index (κ1) is 22.3. The molecule has 0 fully saturated rings. The molecule has 2 rings (SSSR count). The number of nitro benzene ring substituents is 1. The highest BCUT2D eigenvalue weighted by Crippen LogP contribution is 2.37. The van der Waals surface area contributed by atoms with Crippen LogP contribution in [0.3, 0.4) is 0 Å². The van der Waals surface area contributed by atoms with Crippen molar-refractivity contribution in [1.29, 1.82) is 0 Å². The van der Waals surface area contributed by atoms with Gasteiger partial charge in [0.1, 0.15) is 5.75 Å². The number of carbonyl (C=O) groups excluding carboxylic acids is 1. The zero-order valence-electron chi connectivity index (χ0n) is 16.5. The molecule has 9 heteroatoms. The van der Waals surface area contributed by atoms with Gasteiger partial charge in [-0.1, -0.05) is 24.9 Å². The average Bonchev–Trinajstić information content (AvgIpc) is 2.69. The van der Waals surface area contributed by atoms with E-state index in [1.165, 1.54) is 37.4 Å². The van der Waals surface area contributed by atoms with Crippen molar-refractivity contribution in [3.63, 3.8) is 0 Å². The van der Waals surface area contributed by atoms with Crippen molar-refractivity contribution < 1.29 is 23.9 Å². The lowest BCUT2D eigenvalue weighted by molar-refractivity contribution is -0.384. The van der Waals surface area contributed by atoms with Crippen LogP contribution >= 0.6 is 11.6 Å². The van der Waals surface area contributed by atoms with E-state index in [9.17, 15) is 14.9 Å². The predicted molar refractivity (Wildman–Crippen MR) is 111 cm³/mol. The summed E-state index contributed by atoms with van der Waals surface area (Å²) in [7, 11) is 1.41. The molecule has 0 aromatic heterocycles. The molecule has 0 aliphatic heterocycles. The molecule has 2 aromatic carbocycles. The predicted octanol–water partition coefficient (Wildman–Crippen LogP) is 5.09. The zero-order valence-corrected chi connectivity index (χ0v) is 17.2. The summed E-state index contributed by atoms with van der Waals surface area (Å²) in [6.07, 6.45) is 1.82. The SMILES string of the molecule is CCCCOc1c(Cl)cc(C(=O)Nc2cc([N+](=O)[O-])ccc2OC)cc1OCC. The number of non-ortho nitro benzene ring substituents is 1. The molecule has 0 heterocycles. The van der Waals surface area contributed by atoms with Gasteiger partial charge < -0.3 is 19.5 Å². The number of halogens is 1. The first-order valence-corrected chi connectivity index (χ1v) is 9.51. The molecule has 1 amide bonds. The maximum atomic E-state index is 12.8. The van der Waals surface area contributed by atoms with E-state index >= 15 is 0 Å². The van der Waals surface area contributed by atoms with Crippen molar-refractivity contribution in [3.8, 4) is 17.2 Å². The summed E-state index contributed by atoms with van der Waals surface area (Å²) in [5.74, 6) is 0.505. The topological polar surface area (TPSA) is 99.9 Å². The van der Waals surface area contributed by atoms with Crippen molar-refractivity contribution in [2.75, 3.05) is 25.6 Å². The molecule has 0 radical (unpaired) electrons. The second-order valence-electron chi connectivity index (χ2n) is 6.02. The monoisotopic (exact) mass is 422 g/mol. The number of nitrogens with one attached hydrogen (secondary N) is 1. The smallest absolute Gasteiger partial charge is 0.271 e. The van der Waals surface area contributed by atoms with Crippen LogP contribution in [0.4, 0.5) is 11.4 Å². The molecule has 2 aromatic rings. The first-order valence-electron chi connectivity index (χ1n) is 9.14. The fraction of sp³-hybridized carbons (Fsp3) is 0.350. The summed E-state index contributed by atoms with van der Waals surface area (Å²) in [5.41, 5.74) is 0.215. The molecular formula is C20H23ClN2O6. The standard InChI is InChI=1S/C20H23ClN2O6/c1-4-6-9-29-19-15(21)10-13(11-18(19)28-5-2)20(24)22-16-12-14(23(25)26)7-8-17(16)27-3/h7-8,10-12H,4-6,9H2,1-3H3,(H,22,24). The largest absolute Gasteiger partial charge is 0.495 e. The average molecular weight is 423 g/mol. The van der Waals surface area contributed by atoms with Gasteiger partial charge in [-0.2, -0.15) is 0 Å². The Hall–Kier alpha value is -3.00. The molecule has 0 spiro atoms. The van der Waals surface area contributed by atoms with Crippen LogP contribution in [0, 0.1) is 10.1 Å². The third-order valence-corrected chi connectivity index (χ3v) is 4.24. The fourth-order valence-electron chi connectivity index (χ4n) is 2.52. The number of carbonyl (C=O) groups is 1. The molecule has 0 unspecified atom stereocenters. The Morgan fingerprint density at radius 3 is 2.55 bits per heavy atom. The van der Waals surface area contributed by atoms with E-state index in [1.54, 1.807) is 0 Å². The van der Waals surface area contributed by atoms with Crippen molar-refractivity contribution in [3.05, 3.63) is 51.0 Å². The van der Waals surface area contributed by atoms with Crippen LogP contribution in [0.5, 0.6) is 17.2 Å². The summed E-state index contributed by atoms with van der Waals surface area (Å²) in [6, 6.07) is 6.92. The molecule has 8 nitrogen and oxygen atoms in total. The quantitative estimate of drug-likeness (QED) is 0.325. The Morgan fingerprint density at radius 2 is 1.93 bits per heavy atom. The minimum Gasteiger partial charge on any atom is -0.495 e. The Kier molecular flexibility index (Phi) is 8.09. The number of hydrogen-bond acceptors (Lipinski definition) is 6. The second kappa shape index (κ2) is 10.5. The van der Waals surface area contributed by atoms with Gasteiger partial charge in [-0.25, -0.2) is 0 Å². The number of benzene rings is 2. The van der Waals surface area contributed by atoms with E-state index in [-0.39, 0.29) is 22.0 Å². The lowest BCUT2D eigenvalue weighted by atomic mass is 10.1. The van der Waals surface area contributed by atoms with Crippen molar-refractivity contribution in [2.24, 2.45) is 0 Å². The van der Waals surface area contributed by atoms with Crippen molar-refractivity contribution in [1.82, 2.24) is 0 Å².